The van der Waals surface area contributed by atoms with Gasteiger partial charge in [-0.1, -0.05) is 23.7 Å². The van der Waals surface area contributed by atoms with E-state index < -0.39 is 0 Å². The molecule has 0 spiro atoms. The van der Waals surface area contributed by atoms with E-state index in [1.165, 1.54) is 16.8 Å². The second-order valence-corrected chi connectivity index (χ2v) is 6.52. The van der Waals surface area contributed by atoms with Crippen molar-refractivity contribution in [2.75, 3.05) is 19.6 Å². The molecule has 0 amide bonds. The van der Waals surface area contributed by atoms with Gasteiger partial charge < -0.3 is 10.6 Å². The first-order valence-electron chi connectivity index (χ1n) is 8.77. The molecule has 0 aliphatic rings. The third-order valence-electron chi connectivity index (χ3n) is 4.25. The Hall–Kier alpha value is -1.28. The summed E-state index contributed by atoms with van der Waals surface area (Å²) in [6.45, 7) is 8.65. The zero-order chi connectivity index (χ0) is 18.2. The van der Waals surface area contributed by atoms with Crippen LogP contribution in [-0.2, 0) is 19.9 Å². The first-order valence-corrected chi connectivity index (χ1v) is 9.14. The number of aliphatic imine (C=N–C) groups is 1. The molecule has 2 aromatic rings. The van der Waals surface area contributed by atoms with Crippen LogP contribution in [0.5, 0.6) is 0 Å². The first kappa shape index (κ1) is 22.8. The Morgan fingerprint density at radius 2 is 1.85 bits per heavy atom. The molecule has 26 heavy (non-hydrogen) atoms. The van der Waals surface area contributed by atoms with Crippen LogP contribution in [0.2, 0.25) is 5.02 Å². The van der Waals surface area contributed by atoms with Crippen LogP contribution >= 0.6 is 35.6 Å². The summed E-state index contributed by atoms with van der Waals surface area (Å²) in [6.07, 6.45) is 1.83. The minimum atomic E-state index is 0. The monoisotopic (exact) mass is 489 g/mol. The number of nitrogens with zero attached hydrogens (tertiary/aromatic N) is 3. The van der Waals surface area contributed by atoms with Crippen LogP contribution in [0.25, 0.3) is 0 Å². The largest absolute Gasteiger partial charge is 0.357 e. The van der Waals surface area contributed by atoms with Crippen molar-refractivity contribution in [3.8, 4) is 0 Å². The number of nitrogens with one attached hydrogen (secondary N) is 2. The molecule has 7 heteroatoms. The molecule has 1 heterocycles. The van der Waals surface area contributed by atoms with E-state index >= 15 is 0 Å². The molecule has 144 valence electrons. The molecule has 0 radical (unpaired) electrons. The number of aromatic nitrogens is 2. The summed E-state index contributed by atoms with van der Waals surface area (Å²) in [7, 11) is 1.98. The van der Waals surface area contributed by atoms with Gasteiger partial charge >= 0.3 is 0 Å². The smallest absolute Gasteiger partial charge is 0.191 e. The normalized spacial score (nSPS) is 11.2. The summed E-state index contributed by atoms with van der Waals surface area (Å²) in [5.41, 5.74) is 4.86. The predicted molar refractivity (Wildman–Crippen MR) is 121 cm³/mol. The summed E-state index contributed by atoms with van der Waals surface area (Å²) < 4.78 is 1.93. The predicted octanol–water partition coefficient (Wildman–Crippen LogP) is 3.65. The summed E-state index contributed by atoms with van der Waals surface area (Å²) in [6, 6.07) is 7.97. The maximum absolute atomic E-state index is 5.92. The van der Waals surface area contributed by atoms with Crippen molar-refractivity contribution in [1.29, 1.82) is 0 Å². The SMILES string of the molecule is CCNC(=NCCc1c(C)nn(C)c1C)NCCc1ccc(Cl)cc1.I. The van der Waals surface area contributed by atoms with Gasteiger partial charge in [0.05, 0.1) is 5.69 Å². The standard InChI is InChI=1S/C19H28ClN5.HI/c1-5-21-19(22-12-10-16-6-8-17(20)9-7-16)23-13-11-18-14(2)24-25(4)15(18)3;/h6-9H,5,10-13H2,1-4H3,(H2,21,22,23);1H. The zero-order valence-electron chi connectivity index (χ0n) is 16.0. The molecule has 2 rings (SSSR count). The van der Waals surface area contributed by atoms with Gasteiger partial charge in [-0.2, -0.15) is 5.10 Å². The highest BCUT2D eigenvalue weighted by atomic mass is 127. The lowest BCUT2D eigenvalue weighted by Crippen LogP contribution is -2.38. The number of guanidine groups is 1. The Morgan fingerprint density at radius 1 is 1.15 bits per heavy atom. The van der Waals surface area contributed by atoms with Gasteiger partial charge in [-0.15, -0.1) is 24.0 Å². The van der Waals surface area contributed by atoms with Crippen LogP contribution in [-0.4, -0.2) is 35.4 Å². The summed E-state index contributed by atoms with van der Waals surface area (Å²) in [5, 5.41) is 11.9. The molecule has 0 aliphatic carbocycles. The van der Waals surface area contributed by atoms with Crippen LogP contribution in [0.15, 0.2) is 29.3 Å². The summed E-state index contributed by atoms with van der Waals surface area (Å²) >= 11 is 5.92. The van der Waals surface area contributed by atoms with E-state index in [1.807, 2.05) is 23.9 Å². The molecule has 5 nitrogen and oxygen atoms in total. The summed E-state index contributed by atoms with van der Waals surface area (Å²) in [4.78, 5) is 4.68. The molecule has 0 fully saturated rings. The molecule has 0 saturated heterocycles. The number of aryl methyl sites for hydroxylation is 2. The number of hydrogen-bond donors (Lipinski definition) is 2. The average molecular weight is 490 g/mol. The maximum atomic E-state index is 5.92. The number of benzene rings is 1. The van der Waals surface area contributed by atoms with Crippen LogP contribution in [0, 0.1) is 13.8 Å². The van der Waals surface area contributed by atoms with Crippen molar-refractivity contribution in [1.82, 2.24) is 20.4 Å². The van der Waals surface area contributed by atoms with Crippen LogP contribution in [0.1, 0.15) is 29.4 Å². The zero-order valence-corrected chi connectivity index (χ0v) is 19.1. The van der Waals surface area contributed by atoms with Gasteiger partial charge in [0.15, 0.2) is 5.96 Å². The average Bonchev–Trinajstić information content (AvgIpc) is 2.82. The Morgan fingerprint density at radius 3 is 2.42 bits per heavy atom. The van der Waals surface area contributed by atoms with E-state index in [0.717, 1.165) is 49.2 Å². The lowest BCUT2D eigenvalue weighted by Gasteiger charge is -2.11. The van der Waals surface area contributed by atoms with Crippen molar-refractivity contribution in [2.45, 2.75) is 33.6 Å². The van der Waals surface area contributed by atoms with Crippen molar-refractivity contribution >= 4 is 41.5 Å². The van der Waals surface area contributed by atoms with E-state index in [4.69, 9.17) is 11.6 Å². The molecule has 0 unspecified atom stereocenters. The molecule has 0 atom stereocenters. The van der Waals surface area contributed by atoms with Crippen LogP contribution in [0.3, 0.4) is 0 Å². The van der Waals surface area contributed by atoms with Crippen LogP contribution in [0.4, 0.5) is 0 Å². The Labute approximate surface area is 178 Å². The van der Waals surface area contributed by atoms with Crippen LogP contribution < -0.4 is 10.6 Å². The molecule has 2 N–H and O–H groups in total. The Bertz CT molecular complexity index is 709. The fourth-order valence-electron chi connectivity index (χ4n) is 2.78. The number of hydrogen-bond acceptors (Lipinski definition) is 2. The van der Waals surface area contributed by atoms with E-state index in [2.05, 4.69) is 53.6 Å². The fraction of sp³-hybridized carbons (Fsp3) is 0.474. The van der Waals surface area contributed by atoms with E-state index in [1.54, 1.807) is 0 Å². The van der Waals surface area contributed by atoms with E-state index in [0.29, 0.717) is 0 Å². The molecule has 1 aromatic carbocycles. The number of halogens is 2. The molecule has 1 aromatic heterocycles. The summed E-state index contributed by atoms with van der Waals surface area (Å²) in [5.74, 6) is 0.857. The second-order valence-electron chi connectivity index (χ2n) is 6.09. The minimum absolute atomic E-state index is 0. The third-order valence-corrected chi connectivity index (χ3v) is 4.51. The van der Waals surface area contributed by atoms with Crippen molar-refractivity contribution in [2.24, 2.45) is 12.0 Å². The van der Waals surface area contributed by atoms with Gasteiger partial charge in [-0.05, 0) is 56.9 Å². The molecule has 0 bridgehead atoms. The highest BCUT2D eigenvalue weighted by molar-refractivity contribution is 14.0. The van der Waals surface area contributed by atoms with Gasteiger partial charge in [0.1, 0.15) is 0 Å². The van der Waals surface area contributed by atoms with Gasteiger partial charge in [0.25, 0.3) is 0 Å². The Balaban J connectivity index is 0.00000338. The molecular weight excluding hydrogens is 461 g/mol. The minimum Gasteiger partial charge on any atom is -0.357 e. The molecular formula is C19H29ClIN5. The van der Waals surface area contributed by atoms with Gasteiger partial charge in [-0.25, -0.2) is 0 Å². The van der Waals surface area contributed by atoms with Gasteiger partial charge in [-0.3, -0.25) is 9.67 Å². The van der Waals surface area contributed by atoms with Gasteiger partial charge in [0, 0.05) is 37.4 Å². The molecule has 0 saturated carbocycles. The second kappa shape index (κ2) is 11.4. The van der Waals surface area contributed by atoms with Crippen molar-refractivity contribution in [3.63, 3.8) is 0 Å². The number of rotatable bonds is 7. The highest BCUT2D eigenvalue weighted by Crippen LogP contribution is 2.12. The topological polar surface area (TPSA) is 54.2 Å². The fourth-order valence-corrected chi connectivity index (χ4v) is 2.90. The van der Waals surface area contributed by atoms with Crippen molar-refractivity contribution in [3.05, 3.63) is 51.8 Å². The van der Waals surface area contributed by atoms with E-state index in [9.17, 15) is 0 Å². The van der Waals surface area contributed by atoms with E-state index in [-0.39, 0.29) is 24.0 Å². The third kappa shape index (κ3) is 6.79. The quantitative estimate of drug-likeness (QED) is 0.355. The Kier molecular flexibility index (Phi) is 10.0. The lowest BCUT2D eigenvalue weighted by atomic mass is 10.1. The maximum Gasteiger partial charge on any atom is 0.191 e. The van der Waals surface area contributed by atoms with Crippen molar-refractivity contribution < 1.29 is 0 Å². The molecule has 0 aliphatic heterocycles. The first-order chi connectivity index (χ1) is 12.0. The lowest BCUT2D eigenvalue weighted by molar-refractivity contribution is 0.729. The highest BCUT2D eigenvalue weighted by Gasteiger charge is 2.08. The van der Waals surface area contributed by atoms with Gasteiger partial charge in [0.2, 0.25) is 0 Å².